The van der Waals surface area contributed by atoms with E-state index in [0.29, 0.717) is 17.9 Å². The van der Waals surface area contributed by atoms with Crippen molar-refractivity contribution in [2.24, 2.45) is 34.5 Å². The summed E-state index contributed by atoms with van der Waals surface area (Å²) in [5.74, 6) is 3.27. The monoisotopic (exact) mass is 427 g/mol. The second kappa shape index (κ2) is 6.95. The number of carbonyl (C=O) groups excluding carboxylic acids is 1. The first-order valence-corrected chi connectivity index (χ1v) is 12.8. The summed E-state index contributed by atoms with van der Waals surface area (Å²) >= 11 is 0. The Bertz CT molecular complexity index is 1110. The third-order valence-electron chi connectivity index (χ3n) is 10.6. The highest BCUT2D eigenvalue weighted by atomic mass is 16.2. The Kier molecular flexibility index (Phi) is 4.46. The molecule has 2 unspecified atom stereocenters. The van der Waals surface area contributed by atoms with E-state index in [1.165, 1.54) is 42.0 Å². The van der Waals surface area contributed by atoms with E-state index in [1.807, 2.05) is 0 Å². The zero-order chi connectivity index (χ0) is 22.3. The van der Waals surface area contributed by atoms with Crippen LogP contribution in [0.3, 0.4) is 0 Å². The van der Waals surface area contributed by atoms with Crippen LogP contribution in [0, 0.1) is 34.5 Å². The molecule has 0 spiro atoms. The van der Waals surface area contributed by atoms with Crippen molar-refractivity contribution in [3.8, 4) is 0 Å². The molecule has 7 atom stereocenters. The average Bonchev–Trinajstić information content (AvgIpc) is 3.14. The predicted octanol–water partition coefficient (Wildman–Crippen LogP) is 6.94. The summed E-state index contributed by atoms with van der Waals surface area (Å²) in [6.07, 6.45) is 9.41. The van der Waals surface area contributed by atoms with E-state index in [4.69, 9.17) is 0 Å². The molecule has 3 aliphatic carbocycles. The van der Waals surface area contributed by atoms with Crippen molar-refractivity contribution in [1.82, 2.24) is 4.90 Å². The fourth-order valence-corrected chi connectivity index (χ4v) is 8.91. The Labute approximate surface area is 193 Å². The standard InChI is InChI=1S/C30H37NO/c1-19-18-26-30(3,17-15-27(32)31(26)4)25-14-16-29(2)23(12-13-24(29)28(19)25)22-11-7-9-20-8-5-6-10-21(20)22/h5-12,19,24-26,28H,13-18H2,1-4H3/t19?,24-,25+,26?,28-,29+,30+/m0/s1. The van der Waals surface area contributed by atoms with Gasteiger partial charge in [0.05, 0.1) is 0 Å². The molecule has 1 amide bonds. The molecule has 2 saturated carbocycles. The van der Waals surface area contributed by atoms with Crippen LogP contribution in [0.2, 0.25) is 0 Å². The second-order valence-electron chi connectivity index (χ2n) is 11.9. The maximum Gasteiger partial charge on any atom is 0.222 e. The summed E-state index contributed by atoms with van der Waals surface area (Å²) in [4.78, 5) is 14.6. The number of nitrogens with zero attached hydrogens (tertiary/aromatic N) is 1. The Morgan fingerprint density at radius 2 is 1.78 bits per heavy atom. The maximum absolute atomic E-state index is 12.5. The van der Waals surface area contributed by atoms with Crippen molar-refractivity contribution in [1.29, 1.82) is 0 Å². The quantitative estimate of drug-likeness (QED) is 0.482. The molecule has 3 fully saturated rings. The van der Waals surface area contributed by atoms with Gasteiger partial charge in [-0.05, 0) is 88.5 Å². The van der Waals surface area contributed by atoms with E-state index in [9.17, 15) is 4.79 Å². The van der Waals surface area contributed by atoms with Crippen LogP contribution in [0.5, 0.6) is 0 Å². The molecule has 1 aliphatic heterocycles. The molecule has 168 valence electrons. The Hall–Kier alpha value is -2.09. The molecular weight excluding hydrogens is 390 g/mol. The summed E-state index contributed by atoms with van der Waals surface area (Å²) in [5, 5.41) is 2.75. The minimum atomic E-state index is 0.263. The van der Waals surface area contributed by atoms with Gasteiger partial charge >= 0.3 is 0 Å². The lowest BCUT2D eigenvalue weighted by molar-refractivity contribution is -0.162. The van der Waals surface area contributed by atoms with Gasteiger partial charge in [0.15, 0.2) is 0 Å². The van der Waals surface area contributed by atoms with E-state index in [-0.39, 0.29) is 10.8 Å². The molecule has 0 aromatic heterocycles. The highest BCUT2D eigenvalue weighted by Gasteiger charge is 2.61. The van der Waals surface area contributed by atoms with Gasteiger partial charge in [0, 0.05) is 19.5 Å². The van der Waals surface area contributed by atoms with Crippen LogP contribution in [0.15, 0.2) is 48.5 Å². The van der Waals surface area contributed by atoms with E-state index >= 15 is 0 Å². The van der Waals surface area contributed by atoms with Crippen LogP contribution < -0.4 is 0 Å². The summed E-state index contributed by atoms with van der Waals surface area (Å²) in [7, 11) is 2.07. The van der Waals surface area contributed by atoms with Gasteiger partial charge < -0.3 is 4.90 Å². The Morgan fingerprint density at radius 3 is 2.62 bits per heavy atom. The molecule has 2 aromatic rings. The number of piperidine rings is 1. The normalized spacial score (nSPS) is 41.1. The second-order valence-corrected chi connectivity index (χ2v) is 11.9. The zero-order valence-electron chi connectivity index (χ0n) is 20.1. The highest BCUT2D eigenvalue weighted by Crippen LogP contribution is 2.67. The van der Waals surface area contributed by atoms with Gasteiger partial charge in [-0.1, -0.05) is 69.3 Å². The van der Waals surface area contributed by atoms with Crippen molar-refractivity contribution in [3.63, 3.8) is 0 Å². The largest absolute Gasteiger partial charge is 0.342 e. The fraction of sp³-hybridized carbons (Fsp3) is 0.567. The maximum atomic E-state index is 12.5. The van der Waals surface area contributed by atoms with Crippen molar-refractivity contribution in [3.05, 3.63) is 54.1 Å². The van der Waals surface area contributed by atoms with Crippen LogP contribution in [-0.2, 0) is 4.79 Å². The number of fused-ring (bicyclic) bond motifs is 6. The third kappa shape index (κ3) is 2.62. The fourth-order valence-electron chi connectivity index (χ4n) is 8.91. The molecule has 4 aliphatic rings. The first kappa shape index (κ1) is 20.5. The molecule has 2 heteroatoms. The van der Waals surface area contributed by atoms with Crippen molar-refractivity contribution in [2.75, 3.05) is 7.05 Å². The van der Waals surface area contributed by atoms with Gasteiger partial charge in [-0.25, -0.2) is 0 Å². The Morgan fingerprint density at radius 1 is 1.00 bits per heavy atom. The van der Waals surface area contributed by atoms with Gasteiger partial charge in [0.1, 0.15) is 0 Å². The SMILES string of the molecule is CC1CC2N(C)C(=O)CC[C@]2(C)[C@@H]2CC[C@]3(C)C(c4cccc5ccccc45)=CC[C@H]3[C@H]12. The minimum Gasteiger partial charge on any atom is -0.342 e. The van der Waals surface area contributed by atoms with Crippen LogP contribution in [0.25, 0.3) is 16.3 Å². The van der Waals surface area contributed by atoms with Crippen molar-refractivity contribution >= 4 is 22.3 Å². The van der Waals surface area contributed by atoms with Crippen molar-refractivity contribution < 1.29 is 4.79 Å². The van der Waals surface area contributed by atoms with E-state index in [0.717, 1.165) is 30.6 Å². The molecule has 1 saturated heterocycles. The van der Waals surface area contributed by atoms with Gasteiger partial charge in [-0.2, -0.15) is 0 Å². The molecule has 1 heterocycles. The number of amides is 1. The minimum absolute atomic E-state index is 0.263. The van der Waals surface area contributed by atoms with Gasteiger partial charge in [-0.15, -0.1) is 0 Å². The summed E-state index contributed by atoms with van der Waals surface area (Å²) < 4.78 is 0. The van der Waals surface area contributed by atoms with Gasteiger partial charge in [-0.3, -0.25) is 4.79 Å². The number of carbonyl (C=O) groups is 1. The molecule has 0 bridgehead atoms. The topological polar surface area (TPSA) is 20.3 Å². The molecular formula is C30H37NO. The first-order valence-electron chi connectivity index (χ1n) is 12.8. The molecule has 2 aromatic carbocycles. The lowest BCUT2D eigenvalue weighted by Crippen LogP contribution is -2.63. The number of likely N-dealkylation sites (tertiary alicyclic amines) is 1. The van der Waals surface area contributed by atoms with Crippen LogP contribution in [-0.4, -0.2) is 23.9 Å². The molecule has 32 heavy (non-hydrogen) atoms. The van der Waals surface area contributed by atoms with E-state index in [1.54, 1.807) is 5.57 Å². The number of rotatable bonds is 1. The number of hydrogen-bond donors (Lipinski definition) is 0. The van der Waals surface area contributed by atoms with E-state index < -0.39 is 0 Å². The van der Waals surface area contributed by atoms with Crippen LogP contribution in [0.4, 0.5) is 0 Å². The predicted molar refractivity (Wildman–Crippen MR) is 132 cm³/mol. The van der Waals surface area contributed by atoms with E-state index in [2.05, 4.69) is 81.3 Å². The molecule has 2 nitrogen and oxygen atoms in total. The number of hydrogen-bond acceptors (Lipinski definition) is 1. The zero-order valence-corrected chi connectivity index (χ0v) is 20.1. The number of allylic oxidation sites excluding steroid dienone is 2. The smallest absolute Gasteiger partial charge is 0.222 e. The molecule has 0 radical (unpaired) electrons. The van der Waals surface area contributed by atoms with Crippen LogP contribution in [0.1, 0.15) is 64.9 Å². The van der Waals surface area contributed by atoms with Gasteiger partial charge in [0.25, 0.3) is 0 Å². The summed E-state index contributed by atoms with van der Waals surface area (Å²) in [6.45, 7) is 7.60. The van der Waals surface area contributed by atoms with Crippen molar-refractivity contribution in [2.45, 2.75) is 65.3 Å². The third-order valence-corrected chi connectivity index (χ3v) is 10.6. The lowest BCUT2D eigenvalue weighted by atomic mass is 9.44. The molecule has 0 N–H and O–H groups in total. The summed E-state index contributed by atoms with van der Waals surface area (Å²) in [6, 6.07) is 16.2. The molecule has 6 rings (SSSR count). The number of benzene rings is 2. The Balaban J connectivity index is 1.38. The average molecular weight is 428 g/mol. The van der Waals surface area contributed by atoms with Gasteiger partial charge in [0.2, 0.25) is 5.91 Å². The summed E-state index contributed by atoms with van der Waals surface area (Å²) in [5.41, 5.74) is 3.61. The first-order chi connectivity index (χ1) is 15.3. The lowest BCUT2D eigenvalue weighted by Gasteiger charge is -2.63. The highest BCUT2D eigenvalue weighted by molar-refractivity contribution is 5.95. The van der Waals surface area contributed by atoms with Crippen LogP contribution >= 0.6 is 0 Å².